The molecule has 1 aromatic carbocycles. The van der Waals surface area contributed by atoms with Gasteiger partial charge in [-0.15, -0.1) is 0 Å². The largest absolute Gasteiger partial charge is 0.396 e. The summed E-state index contributed by atoms with van der Waals surface area (Å²) in [6, 6.07) is 6.25. The maximum atomic E-state index is 13.0. The van der Waals surface area contributed by atoms with E-state index >= 15 is 0 Å². The first-order chi connectivity index (χ1) is 11.2. The average Bonchev–Trinajstić information content (AvgIpc) is 3.03. The van der Waals surface area contributed by atoms with E-state index in [1.54, 1.807) is 12.1 Å². The summed E-state index contributed by atoms with van der Waals surface area (Å²) in [5.41, 5.74) is 0.894. The number of aliphatic hydroxyl groups is 1. The molecule has 2 aliphatic heterocycles. The van der Waals surface area contributed by atoms with Crippen LogP contribution < -0.4 is 0 Å². The van der Waals surface area contributed by atoms with Gasteiger partial charge < -0.3 is 14.7 Å². The number of amides is 1. The normalized spacial score (nSPS) is 25.7. The van der Waals surface area contributed by atoms with Crippen molar-refractivity contribution in [1.82, 2.24) is 9.80 Å². The Bertz CT molecular complexity index is 537. The lowest BCUT2D eigenvalue weighted by molar-refractivity contribution is -0.140. The second kappa shape index (κ2) is 7.38. The summed E-state index contributed by atoms with van der Waals surface area (Å²) < 4.78 is 18.7. The van der Waals surface area contributed by atoms with Crippen LogP contribution in [-0.2, 0) is 9.53 Å². The molecule has 6 heteroatoms. The molecule has 0 radical (unpaired) electrons. The van der Waals surface area contributed by atoms with E-state index in [0.29, 0.717) is 32.2 Å². The van der Waals surface area contributed by atoms with Crippen LogP contribution in [0.4, 0.5) is 4.39 Å². The molecule has 2 fully saturated rings. The van der Waals surface area contributed by atoms with Crippen LogP contribution in [0.5, 0.6) is 0 Å². The van der Waals surface area contributed by atoms with Gasteiger partial charge in [0.15, 0.2) is 0 Å². The third-order valence-electron chi connectivity index (χ3n) is 4.65. The molecule has 1 amide bonds. The van der Waals surface area contributed by atoms with Crippen LogP contribution in [0.2, 0.25) is 0 Å². The van der Waals surface area contributed by atoms with Gasteiger partial charge in [0.1, 0.15) is 11.9 Å². The highest BCUT2D eigenvalue weighted by molar-refractivity contribution is 5.78. The van der Waals surface area contributed by atoms with Crippen LogP contribution in [0.1, 0.15) is 18.1 Å². The number of halogens is 1. The van der Waals surface area contributed by atoms with Gasteiger partial charge in [-0.2, -0.15) is 0 Å². The van der Waals surface area contributed by atoms with Gasteiger partial charge >= 0.3 is 0 Å². The molecule has 126 valence electrons. The summed E-state index contributed by atoms with van der Waals surface area (Å²) in [6.45, 7) is 3.82. The van der Waals surface area contributed by atoms with Crippen molar-refractivity contribution in [3.05, 3.63) is 35.6 Å². The van der Waals surface area contributed by atoms with Crippen LogP contribution in [-0.4, -0.2) is 66.8 Å². The predicted molar refractivity (Wildman–Crippen MR) is 83.3 cm³/mol. The number of nitrogens with zero attached hydrogens (tertiary/aromatic N) is 2. The number of hydrogen-bond donors (Lipinski definition) is 1. The summed E-state index contributed by atoms with van der Waals surface area (Å²) in [7, 11) is 0. The zero-order valence-electron chi connectivity index (χ0n) is 13.2. The molecule has 2 heterocycles. The summed E-state index contributed by atoms with van der Waals surface area (Å²) >= 11 is 0. The number of ether oxygens (including phenoxy) is 1. The number of benzene rings is 1. The molecular weight excluding hydrogens is 299 g/mol. The van der Waals surface area contributed by atoms with Gasteiger partial charge in [0.25, 0.3) is 0 Å². The number of likely N-dealkylation sites (tertiary alicyclic amines) is 1. The van der Waals surface area contributed by atoms with E-state index < -0.39 is 0 Å². The first-order valence-corrected chi connectivity index (χ1v) is 8.14. The van der Waals surface area contributed by atoms with E-state index in [1.807, 2.05) is 4.90 Å². The molecule has 3 rings (SSSR count). The molecule has 2 saturated heterocycles. The predicted octanol–water partition coefficient (Wildman–Crippen LogP) is 1.04. The lowest BCUT2D eigenvalue weighted by Gasteiger charge is -2.34. The standard InChI is InChI=1S/C17H23FN2O3/c18-15-3-1-14(2-4-15)16-10-20(7-8-23-16)17(22)11-19-6-5-13(9-19)12-21/h1-4,13,16,21H,5-12H2. The van der Waals surface area contributed by atoms with Gasteiger partial charge in [0.05, 0.1) is 19.7 Å². The van der Waals surface area contributed by atoms with Crippen LogP contribution in [0.15, 0.2) is 24.3 Å². The second-order valence-corrected chi connectivity index (χ2v) is 6.32. The van der Waals surface area contributed by atoms with Crippen molar-refractivity contribution in [1.29, 1.82) is 0 Å². The van der Waals surface area contributed by atoms with Crippen molar-refractivity contribution >= 4 is 5.91 Å². The van der Waals surface area contributed by atoms with Gasteiger partial charge in [0, 0.05) is 19.7 Å². The fourth-order valence-corrected chi connectivity index (χ4v) is 3.25. The molecule has 0 bridgehead atoms. The Morgan fingerprint density at radius 2 is 2.04 bits per heavy atom. The molecule has 5 nitrogen and oxygen atoms in total. The second-order valence-electron chi connectivity index (χ2n) is 6.32. The topological polar surface area (TPSA) is 53.0 Å². The fraction of sp³-hybridized carbons (Fsp3) is 0.588. The summed E-state index contributed by atoms with van der Waals surface area (Å²) in [4.78, 5) is 16.4. The molecule has 0 spiro atoms. The third-order valence-corrected chi connectivity index (χ3v) is 4.65. The van der Waals surface area contributed by atoms with Crippen molar-refractivity contribution < 1.29 is 19.0 Å². The number of hydrogen-bond acceptors (Lipinski definition) is 4. The summed E-state index contributed by atoms with van der Waals surface area (Å²) in [5.74, 6) is 0.114. The van der Waals surface area contributed by atoms with Gasteiger partial charge in [-0.3, -0.25) is 9.69 Å². The Labute approximate surface area is 135 Å². The molecule has 2 atom stereocenters. The van der Waals surface area contributed by atoms with Crippen molar-refractivity contribution in [2.24, 2.45) is 5.92 Å². The van der Waals surface area contributed by atoms with Crippen LogP contribution >= 0.6 is 0 Å². The highest BCUT2D eigenvalue weighted by atomic mass is 19.1. The van der Waals surface area contributed by atoms with Crippen LogP contribution in [0.25, 0.3) is 0 Å². The molecule has 2 aliphatic rings. The minimum Gasteiger partial charge on any atom is -0.396 e. The number of morpholine rings is 1. The summed E-state index contributed by atoms with van der Waals surface area (Å²) in [5, 5.41) is 9.18. The maximum absolute atomic E-state index is 13.0. The van der Waals surface area contributed by atoms with E-state index in [0.717, 1.165) is 25.1 Å². The monoisotopic (exact) mass is 322 g/mol. The maximum Gasteiger partial charge on any atom is 0.236 e. The van der Waals surface area contributed by atoms with Gasteiger partial charge in [0.2, 0.25) is 5.91 Å². The number of carbonyl (C=O) groups is 1. The molecular formula is C17H23FN2O3. The lowest BCUT2D eigenvalue weighted by Crippen LogP contribution is -2.46. The first-order valence-electron chi connectivity index (χ1n) is 8.14. The first kappa shape index (κ1) is 16.4. The van der Waals surface area contributed by atoms with Gasteiger partial charge in [-0.05, 0) is 36.6 Å². The molecule has 1 aromatic rings. The molecule has 2 unspecified atom stereocenters. The summed E-state index contributed by atoms with van der Waals surface area (Å²) in [6.07, 6.45) is 0.752. The van der Waals surface area contributed by atoms with E-state index in [1.165, 1.54) is 12.1 Å². The zero-order chi connectivity index (χ0) is 16.2. The van der Waals surface area contributed by atoms with Gasteiger partial charge in [-0.25, -0.2) is 4.39 Å². The van der Waals surface area contributed by atoms with E-state index in [4.69, 9.17) is 4.74 Å². The van der Waals surface area contributed by atoms with Crippen LogP contribution in [0.3, 0.4) is 0 Å². The number of rotatable bonds is 4. The van der Waals surface area contributed by atoms with Crippen molar-refractivity contribution in [2.45, 2.75) is 12.5 Å². The molecule has 0 aliphatic carbocycles. The molecule has 1 N–H and O–H groups in total. The van der Waals surface area contributed by atoms with Crippen molar-refractivity contribution in [3.63, 3.8) is 0 Å². The molecule has 0 saturated carbocycles. The smallest absolute Gasteiger partial charge is 0.236 e. The van der Waals surface area contributed by atoms with Crippen LogP contribution in [0, 0.1) is 11.7 Å². The Hall–Kier alpha value is -1.50. The molecule has 23 heavy (non-hydrogen) atoms. The Morgan fingerprint density at radius 1 is 1.26 bits per heavy atom. The third kappa shape index (κ3) is 4.07. The number of carbonyl (C=O) groups excluding carboxylic acids is 1. The SMILES string of the molecule is O=C(CN1CCC(CO)C1)N1CCOC(c2ccc(F)cc2)C1. The quantitative estimate of drug-likeness (QED) is 0.900. The Kier molecular flexibility index (Phi) is 5.25. The van der Waals surface area contributed by atoms with E-state index in [-0.39, 0.29) is 24.4 Å². The van der Waals surface area contributed by atoms with E-state index in [2.05, 4.69) is 4.90 Å². The zero-order valence-corrected chi connectivity index (χ0v) is 13.2. The highest BCUT2D eigenvalue weighted by Gasteiger charge is 2.29. The highest BCUT2D eigenvalue weighted by Crippen LogP contribution is 2.23. The lowest BCUT2D eigenvalue weighted by atomic mass is 10.1. The van der Waals surface area contributed by atoms with Gasteiger partial charge in [-0.1, -0.05) is 12.1 Å². The molecule has 0 aromatic heterocycles. The fourth-order valence-electron chi connectivity index (χ4n) is 3.25. The minimum absolute atomic E-state index is 0.0963. The van der Waals surface area contributed by atoms with E-state index in [9.17, 15) is 14.3 Å². The average molecular weight is 322 g/mol. The van der Waals surface area contributed by atoms with Crippen molar-refractivity contribution in [3.8, 4) is 0 Å². The minimum atomic E-state index is -0.273. The Morgan fingerprint density at radius 3 is 2.74 bits per heavy atom. The Balaban J connectivity index is 1.55. The van der Waals surface area contributed by atoms with Crippen molar-refractivity contribution in [2.75, 3.05) is 45.9 Å². The number of aliphatic hydroxyl groups excluding tert-OH is 1.